The number of nitrogens with zero attached hydrogens (tertiary/aromatic N) is 4. The Hall–Kier alpha value is -6.22. The van der Waals surface area contributed by atoms with Crippen molar-refractivity contribution in [3.63, 3.8) is 0 Å². The zero-order valence-electron chi connectivity index (χ0n) is 35.6. The van der Waals surface area contributed by atoms with Gasteiger partial charge in [-0.25, -0.2) is 19.6 Å². The highest BCUT2D eigenvalue weighted by atomic mass is 16.5. The molecule has 4 heterocycles. The number of benzene rings is 3. The Morgan fingerprint density at radius 1 is 0.806 bits per heavy atom. The molecule has 4 amide bonds. The van der Waals surface area contributed by atoms with Gasteiger partial charge in [0.1, 0.15) is 23.7 Å². The number of alkyl carbamates (subject to hydrolysis) is 2. The zero-order valence-corrected chi connectivity index (χ0v) is 35.6. The van der Waals surface area contributed by atoms with Crippen LogP contribution in [0.1, 0.15) is 82.5 Å². The van der Waals surface area contributed by atoms with E-state index < -0.39 is 24.3 Å². The van der Waals surface area contributed by atoms with Gasteiger partial charge in [-0.05, 0) is 108 Å². The number of nitrogens with one attached hydrogen (secondary N) is 4. The number of imidazole rings is 2. The van der Waals surface area contributed by atoms with E-state index in [9.17, 15) is 19.2 Å². The predicted octanol–water partition coefficient (Wildman–Crippen LogP) is 6.85. The number of nitrogens with two attached hydrogens (primary N) is 1. The predicted molar refractivity (Wildman–Crippen MR) is 233 cm³/mol. The largest absolute Gasteiger partial charge is 0.453 e. The summed E-state index contributed by atoms with van der Waals surface area (Å²) in [6.07, 6.45) is 8.61. The third-order valence-electron chi connectivity index (χ3n) is 13.7. The summed E-state index contributed by atoms with van der Waals surface area (Å²) in [5.41, 5.74) is 11.8. The van der Waals surface area contributed by atoms with Gasteiger partial charge in [0.05, 0.1) is 50.1 Å². The third-order valence-corrected chi connectivity index (χ3v) is 13.7. The van der Waals surface area contributed by atoms with E-state index in [0.717, 1.165) is 94.6 Å². The molecule has 0 radical (unpaired) electrons. The van der Waals surface area contributed by atoms with Crippen molar-refractivity contribution in [2.45, 2.75) is 89.0 Å². The quantitative estimate of drug-likeness (QED) is 0.0892. The Kier molecular flexibility index (Phi) is 11.0. The number of amides is 4. The van der Waals surface area contributed by atoms with Crippen LogP contribution in [0.5, 0.6) is 0 Å². The lowest BCUT2D eigenvalue weighted by atomic mass is 9.95. The molecule has 2 aliphatic carbocycles. The molecule has 62 heavy (non-hydrogen) atoms. The molecular weight excluding hydrogens is 787 g/mol. The van der Waals surface area contributed by atoms with Crippen LogP contribution in [0.4, 0.5) is 9.59 Å². The molecule has 6 atom stereocenters. The summed E-state index contributed by atoms with van der Waals surface area (Å²) in [6, 6.07) is 19.5. The number of carbonyl (C=O) groups excluding carboxylic acids is 4. The third kappa shape index (κ3) is 7.78. The summed E-state index contributed by atoms with van der Waals surface area (Å²) >= 11 is 0. The number of aromatic amines is 2. The second kappa shape index (κ2) is 16.6. The van der Waals surface area contributed by atoms with E-state index >= 15 is 0 Å². The number of hydrogen-bond donors (Lipinski definition) is 5. The number of fused-ring (bicyclic) bond motifs is 3. The number of likely N-dealkylation sites (tertiary alicyclic amines) is 2. The molecule has 9 rings (SSSR count). The second-order valence-corrected chi connectivity index (χ2v) is 17.9. The summed E-state index contributed by atoms with van der Waals surface area (Å²) in [6.45, 7) is 4.74. The summed E-state index contributed by atoms with van der Waals surface area (Å²) in [4.78, 5) is 72.5. The molecule has 2 bridgehead atoms. The molecule has 15 nitrogen and oxygen atoms in total. The van der Waals surface area contributed by atoms with Gasteiger partial charge in [-0.2, -0.15) is 0 Å². The molecule has 2 saturated carbocycles. The highest BCUT2D eigenvalue weighted by molar-refractivity contribution is 5.91. The van der Waals surface area contributed by atoms with Gasteiger partial charge < -0.3 is 45.6 Å². The monoisotopic (exact) mass is 841 g/mol. The average Bonchev–Trinajstić information content (AvgIpc) is 3.92. The van der Waals surface area contributed by atoms with Crippen molar-refractivity contribution in [2.24, 2.45) is 23.0 Å². The Morgan fingerprint density at radius 3 is 2.10 bits per heavy atom. The SMILES string of the molecule is COC(=O)N[C@@H](CCN)C(=O)N1CC2(CC2)C[C@H]1c1ncc(-c2ccc3cc(-c4ccc(-c5cnc([C@@H]6[C@H]7CC[C@H](C7)N6C(=O)[C@@H](NC(=O)OC)C(C)C)[nH]5)cc4)ccc3c2)[nH]1. The van der Waals surface area contributed by atoms with Gasteiger partial charge in [0.15, 0.2) is 0 Å². The molecule has 4 aliphatic rings. The van der Waals surface area contributed by atoms with Crippen molar-refractivity contribution in [1.82, 2.24) is 40.4 Å². The summed E-state index contributed by atoms with van der Waals surface area (Å²) in [7, 11) is 2.59. The molecule has 0 unspecified atom stereocenters. The Bertz CT molecular complexity index is 2490. The molecule has 2 saturated heterocycles. The van der Waals surface area contributed by atoms with Gasteiger partial charge in [-0.3, -0.25) is 9.59 Å². The minimum Gasteiger partial charge on any atom is -0.453 e. The topological polar surface area (TPSA) is 201 Å². The lowest BCUT2D eigenvalue weighted by Gasteiger charge is -2.37. The minimum absolute atomic E-state index is 0.0931. The number of piperidine rings is 1. The van der Waals surface area contributed by atoms with Crippen molar-refractivity contribution >= 4 is 34.8 Å². The highest BCUT2D eigenvalue weighted by Crippen LogP contribution is 2.58. The van der Waals surface area contributed by atoms with E-state index in [1.165, 1.54) is 14.2 Å². The first-order valence-corrected chi connectivity index (χ1v) is 21.7. The van der Waals surface area contributed by atoms with Crippen molar-refractivity contribution in [3.8, 4) is 33.6 Å². The van der Waals surface area contributed by atoms with E-state index in [0.29, 0.717) is 18.9 Å². The normalized spacial score (nSPS) is 22.0. The first-order chi connectivity index (χ1) is 30.0. The second-order valence-electron chi connectivity index (χ2n) is 17.9. The van der Waals surface area contributed by atoms with Crippen molar-refractivity contribution in [1.29, 1.82) is 0 Å². The highest BCUT2D eigenvalue weighted by Gasteiger charge is 2.55. The molecule has 2 aromatic heterocycles. The fraction of sp³-hybridized carbons (Fsp3) is 0.447. The zero-order chi connectivity index (χ0) is 43.3. The van der Waals surface area contributed by atoms with Crippen LogP contribution in [0.3, 0.4) is 0 Å². The Morgan fingerprint density at radius 2 is 1.42 bits per heavy atom. The van der Waals surface area contributed by atoms with Gasteiger partial charge in [0.2, 0.25) is 11.8 Å². The molecule has 1 spiro atoms. The summed E-state index contributed by atoms with van der Waals surface area (Å²) in [5.74, 6) is 1.46. The van der Waals surface area contributed by atoms with Crippen molar-refractivity contribution in [2.75, 3.05) is 27.3 Å². The Labute approximate surface area is 360 Å². The van der Waals surface area contributed by atoms with Crippen LogP contribution in [0.15, 0.2) is 73.1 Å². The van der Waals surface area contributed by atoms with E-state index in [2.05, 4.69) is 81.3 Å². The lowest BCUT2D eigenvalue weighted by molar-refractivity contribution is -0.139. The molecule has 3 aromatic carbocycles. The number of hydrogen-bond acceptors (Lipinski definition) is 9. The van der Waals surface area contributed by atoms with Gasteiger partial charge in [0.25, 0.3) is 0 Å². The van der Waals surface area contributed by atoms with Crippen molar-refractivity contribution < 1.29 is 28.7 Å². The Balaban J connectivity index is 0.891. The summed E-state index contributed by atoms with van der Waals surface area (Å²) in [5, 5.41) is 7.63. The van der Waals surface area contributed by atoms with Crippen molar-refractivity contribution in [3.05, 3.63) is 84.7 Å². The van der Waals surface area contributed by atoms with Gasteiger partial charge in [-0.15, -0.1) is 0 Å². The van der Waals surface area contributed by atoms with E-state index in [-0.39, 0.29) is 47.8 Å². The van der Waals surface area contributed by atoms with Gasteiger partial charge in [-0.1, -0.05) is 62.4 Å². The number of carbonyl (C=O) groups is 4. The van der Waals surface area contributed by atoms with E-state index in [1.54, 1.807) is 0 Å². The first kappa shape index (κ1) is 41.1. The fourth-order valence-corrected chi connectivity index (χ4v) is 10.1. The number of aromatic nitrogens is 4. The maximum Gasteiger partial charge on any atom is 0.407 e. The smallest absolute Gasteiger partial charge is 0.407 e. The maximum absolute atomic E-state index is 14.0. The van der Waals surface area contributed by atoms with Crippen LogP contribution in [0.25, 0.3) is 44.4 Å². The fourth-order valence-electron chi connectivity index (χ4n) is 10.1. The van der Waals surface area contributed by atoms with Crippen LogP contribution in [-0.2, 0) is 19.1 Å². The van der Waals surface area contributed by atoms with Crippen LogP contribution >= 0.6 is 0 Å². The van der Waals surface area contributed by atoms with Crippen LogP contribution in [0, 0.1) is 17.3 Å². The van der Waals surface area contributed by atoms with E-state index in [4.69, 9.17) is 25.2 Å². The van der Waals surface area contributed by atoms with Gasteiger partial charge >= 0.3 is 12.2 Å². The van der Waals surface area contributed by atoms with Crippen LogP contribution in [-0.4, -0.2) is 99.2 Å². The number of methoxy groups -OCH3 is 2. The molecule has 15 heteroatoms. The molecular formula is C47H55N9O6. The molecule has 4 fully saturated rings. The molecule has 324 valence electrons. The maximum atomic E-state index is 14.0. The van der Waals surface area contributed by atoms with Crippen LogP contribution < -0.4 is 16.4 Å². The van der Waals surface area contributed by atoms with Crippen LogP contribution in [0.2, 0.25) is 0 Å². The number of rotatable bonds is 12. The van der Waals surface area contributed by atoms with Gasteiger partial charge in [0, 0.05) is 18.2 Å². The number of H-pyrrole nitrogens is 2. The molecule has 5 aromatic rings. The molecule has 2 aliphatic heterocycles. The summed E-state index contributed by atoms with van der Waals surface area (Å²) < 4.78 is 9.61. The number of ether oxygens (including phenoxy) is 2. The lowest BCUT2D eigenvalue weighted by Crippen LogP contribution is -2.54. The first-order valence-electron chi connectivity index (χ1n) is 21.7. The minimum atomic E-state index is -0.766. The molecule has 6 N–H and O–H groups in total. The average molecular weight is 842 g/mol. The van der Waals surface area contributed by atoms with E-state index in [1.807, 2.05) is 36.0 Å². The standard InChI is InChI=1S/C47H55N9O6/c1-26(2)39(54-46(60)62-4)44(58)56-34-14-13-33(21-34)40(56)42-50-23-36(52-42)28-7-5-27(6-8-28)29-9-10-31-20-32(12-11-30(31)19-29)37-24-49-41(51-37)38-22-47(16-17-47)25-55(38)43(57)35(15-18-48)53-45(59)61-3/h5-12,19-20,23-24,26,33-35,38-40H,13-18,21-22,25,48H2,1-4H3,(H,49,51)(H,50,52)(H,53,59)(H,54,60)/t33-,34+,35-,38-,39-,40-/m0/s1.